The lowest BCUT2D eigenvalue weighted by molar-refractivity contribution is -0.139. The van der Waals surface area contributed by atoms with Crippen LogP contribution in [0.4, 0.5) is 0 Å². The zero-order valence-corrected chi connectivity index (χ0v) is 8.76. The van der Waals surface area contributed by atoms with Gasteiger partial charge in [0.1, 0.15) is 5.75 Å². The minimum Gasteiger partial charge on any atom is -0.482 e. The molecule has 0 aliphatic rings. The molecule has 14 heavy (non-hydrogen) atoms. The number of carbonyl (C=O) groups is 1. The summed E-state index contributed by atoms with van der Waals surface area (Å²) in [4.78, 5) is 10.3. The number of hydrogen-bond acceptors (Lipinski definition) is 2. The number of ether oxygens (including phenoxy) is 1. The molecule has 0 atom stereocenters. The van der Waals surface area contributed by atoms with E-state index in [-0.39, 0.29) is 6.61 Å². The van der Waals surface area contributed by atoms with Crippen molar-refractivity contribution in [2.45, 2.75) is 13.8 Å². The molecule has 76 valence electrons. The molecule has 0 aliphatic heterocycles. The van der Waals surface area contributed by atoms with Gasteiger partial charge >= 0.3 is 5.97 Å². The van der Waals surface area contributed by atoms with Gasteiger partial charge in [-0.25, -0.2) is 4.79 Å². The second-order valence-electron chi connectivity index (χ2n) is 2.98. The summed E-state index contributed by atoms with van der Waals surface area (Å²) in [5.41, 5.74) is 1.79. The van der Waals surface area contributed by atoms with Gasteiger partial charge in [0, 0.05) is 5.02 Å². The van der Waals surface area contributed by atoms with Gasteiger partial charge in [0.2, 0.25) is 0 Å². The first-order chi connectivity index (χ1) is 6.52. The molecule has 0 radical (unpaired) electrons. The molecule has 0 unspecified atom stereocenters. The first-order valence-corrected chi connectivity index (χ1v) is 4.50. The van der Waals surface area contributed by atoms with E-state index in [0.29, 0.717) is 10.8 Å². The Labute approximate surface area is 87.3 Å². The number of hydrogen-bond donors (Lipinski definition) is 1. The third kappa shape index (κ3) is 2.39. The predicted molar refractivity (Wildman–Crippen MR) is 54.1 cm³/mol. The van der Waals surface area contributed by atoms with Crippen LogP contribution >= 0.6 is 11.6 Å². The normalized spacial score (nSPS) is 9.93. The molecular formula is C10H11ClO3. The van der Waals surface area contributed by atoms with Gasteiger partial charge in [-0.1, -0.05) is 11.6 Å². The lowest BCUT2D eigenvalue weighted by Gasteiger charge is -2.10. The lowest BCUT2D eigenvalue weighted by Crippen LogP contribution is -2.10. The molecule has 1 aromatic rings. The Morgan fingerprint density at radius 3 is 2.64 bits per heavy atom. The van der Waals surface area contributed by atoms with E-state index < -0.39 is 5.97 Å². The van der Waals surface area contributed by atoms with Crippen LogP contribution in [0.3, 0.4) is 0 Å². The van der Waals surface area contributed by atoms with Gasteiger partial charge in [-0.3, -0.25) is 0 Å². The van der Waals surface area contributed by atoms with Gasteiger partial charge in [0.15, 0.2) is 6.61 Å². The van der Waals surface area contributed by atoms with Gasteiger partial charge < -0.3 is 9.84 Å². The first kappa shape index (κ1) is 10.9. The molecule has 0 bridgehead atoms. The molecule has 0 saturated heterocycles. The fourth-order valence-electron chi connectivity index (χ4n) is 1.06. The summed E-state index contributed by atoms with van der Waals surface area (Å²) in [6.45, 7) is 3.38. The average Bonchev–Trinajstić information content (AvgIpc) is 2.13. The number of aliphatic carboxylic acids is 1. The summed E-state index contributed by atoms with van der Waals surface area (Å²) in [7, 11) is 0. The third-order valence-corrected chi connectivity index (χ3v) is 2.43. The maximum absolute atomic E-state index is 10.3. The number of halogens is 1. The maximum atomic E-state index is 10.3. The standard InChI is InChI=1S/C10H11ClO3/c1-6-7(2)9(4-3-8(6)11)14-5-10(12)13/h3-4H,5H2,1-2H3,(H,12,13). The minimum absolute atomic E-state index is 0.331. The van der Waals surface area contributed by atoms with Crippen molar-refractivity contribution in [2.75, 3.05) is 6.61 Å². The van der Waals surface area contributed by atoms with E-state index in [2.05, 4.69) is 0 Å². The molecule has 0 heterocycles. The monoisotopic (exact) mass is 214 g/mol. The van der Waals surface area contributed by atoms with E-state index in [1.165, 1.54) is 0 Å². The topological polar surface area (TPSA) is 46.5 Å². The third-order valence-electron chi connectivity index (χ3n) is 2.02. The molecule has 1 aromatic carbocycles. The Bertz CT molecular complexity index is 361. The molecule has 0 aromatic heterocycles. The van der Waals surface area contributed by atoms with Crippen LogP contribution in [0.5, 0.6) is 5.75 Å². The predicted octanol–water partition coefficient (Wildman–Crippen LogP) is 2.42. The van der Waals surface area contributed by atoms with E-state index in [1.807, 2.05) is 13.8 Å². The van der Waals surface area contributed by atoms with Crippen molar-refractivity contribution in [1.82, 2.24) is 0 Å². The van der Waals surface area contributed by atoms with Crippen LogP contribution < -0.4 is 4.74 Å². The molecule has 0 amide bonds. The molecular weight excluding hydrogens is 204 g/mol. The Balaban J connectivity index is 2.88. The van der Waals surface area contributed by atoms with E-state index in [4.69, 9.17) is 21.4 Å². The van der Waals surface area contributed by atoms with Crippen molar-refractivity contribution in [3.05, 3.63) is 28.3 Å². The van der Waals surface area contributed by atoms with Gasteiger partial charge in [-0.15, -0.1) is 0 Å². The zero-order valence-electron chi connectivity index (χ0n) is 8.00. The van der Waals surface area contributed by atoms with E-state index in [9.17, 15) is 4.79 Å². The van der Waals surface area contributed by atoms with Crippen LogP contribution in [-0.2, 0) is 4.79 Å². The molecule has 0 spiro atoms. The largest absolute Gasteiger partial charge is 0.482 e. The Kier molecular flexibility index (Phi) is 3.36. The Hall–Kier alpha value is -1.22. The highest BCUT2D eigenvalue weighted by molar-refractivity contribution is 6.31. The lowest BCUT2D eigenvalue weighted by atomic mass is 10.1. The fraction of sp³-hybridized carbons (Fsp3) is 0.300. The quantitative estimate of drug-likeness (QED) is 0.841. The Morgan fingerprint density at radius 2 is 2.07 bits per heavy atom. The minimum atomic E-state index is -0.989. The van der Waals surface area contributed by atoms with Crippen molar-refractivity contribution in [3.8, 4) is 5.75 Å². The van der Waals surface area contributed by atoms with Crippen LogP contribution in [0, 0.1) is 13.8 Å². The smallest absolute Gasteiger partial charge is 0.341 e. The van der Waals surface area contributed by atoms with E-state index in [0.717, 1.165) is 11.1 Å². The number of rotatable bonds is 3. The molecule has 3 nitrogen and oxygen atoms in total. The highest BCUT2D eigenvalue weighted by Gasteiger charge is 2.07. The van der Waals surface area contributed by atoms with Crippen LogP contribution in [0.25, 0.3) is 0 Å². The maximum Gasteiger partial charge on any atom is 0.341 e. The zero-order chi connectivity index (χ0) is 10.7. The van der Waals surface area contributed by atoms with Gasteiger partial charge in [-0.2, -0.15) is 0 Å². The molecule has 0 saturated carbocycles. The van der Waals surface area contributed by atoms with Crippen LogP contribution in [0.1, 0.15) is 11.1 Å². The summed E-state index contributed by atoms with van der Waals surface area (Å²) in [6, 6.07) is 3.37. The van der Waals surface area contributed by atoms with Crippen LogP contribution in [0.15, 0.2) is 12.1 Å². The first-order valence-electron chi connectivity index (χ1n) is 4.12. The summed E-state index contributed by atoms with van der Waals surface area (Å²) in [6.07, 6.45) is 0. The van der Waals surface area contributed by atoms with E-state index in [1.54, 1.807) is 12.1 Å². The number of carboxylic acids is 1. The molecule has 1 N–H and O–H groups in total. The van der Waals surface area contributed by atoms with Gasteiger partial charge in [0.25, 0.3) is 0 Å². The molecule has 1 rings (SSSR count). The second kappa shape index (κ2) is 4.33. The Morgan fingerprint density at radius 1 is 1.43 bits per heavy atom. The molecule has 0 aliphatic carbocycles. The number of benzene rings is 1. The van der Waals surface area contributed by atoms with Gasteiger partial charge in [0.05, 0.1) is 0 Å². The van der Waals surface area contributed by atoms with Crippen LogP contribution in [-0.4, -0.2) is 17.7 Å². The van der Waals surface area contributed by atoms with Crippen molar-refractivity contribution in [3.63, 3.8) is 0 Å². The molecule has 4 heteroatoms. The van der Waals surface area contributed by atoms with Crippen molar-refractivity contribution < 1.29 is 14.6 Å². The highest BCUT2D eigenvalue weighted by atomic mass is 35.5. The SMILES string of the molecule is Cc1c(Cl)ccc(OCC(=O)O)c1C. The summed E-state index contributed by atoms with van der Waals surface area (Å²) >= 11 is 5.88. The second-order valence-corrected chi connectivity index (χ2v) is 3.39. The molecule has 0 fully saturated rings. The van der Waals surface area contributed by atoms with Crippen molar-refractivity contribution in [1.29, 1.82) is 0 Å². The summed E-state index contributed by atoms with van der Waals surface area (Å²) in [5, 5.41) is 9.10. The summed E-state index contributed by atoms with van der Waals surface area (Å²) in [5.74, 6) is -0.425. The number of carboxylic acid groups (broad SMARTS) is 1. The van der Waals surface area contributed by atoms with Gasteiger partial charge in [-0.05, 0) is 37.1 Å². The summed E-state index contributed by atoms with van der Waals surface area (Å²) < 4.78 is 5.08. The van der Waals surface area contributed by atoms with Crippen molar-refractivity contribution >= 4 is 17.6 Å². The highest BCUT2D eigenvalue weighted by Crippen LogP contribution is 2.26. The fourth-order valence-corrected chi connectivity index (χ4v) is 1.26. The van der Waals surface area contributed by atoms with E-state index >= 15 is 0 Å². The van der Waals surface area contributed by atoms with Crippen molar-refractivity contribution in [2.24, 2.45) is 0 Å². The van der Waals surface area contributed by atoms with Crippen LogP contribution in [0.2, 0.25) is 5.02 Å². The average molecular weight is 215 g/mol.